The van der Waals surface area contributed by atoms with E-state index in [0.29, 0.717) is 18.4 Å². The summed E-state index contributed by atoms with van der Waals surface area (Å²) in [5.74, 6) is 1.07. The van der Waals surface area contributed by atoms with E-state index < -0.39 is 9.84 Å². The van der Waals surface area contributed by atoms with Gasteiger partial charge in [0.15, 0.2) is 5.96 Å². The molecule has 0 aliphatic heterocycles. The first-order valence-electron chi connectivity index (χ1n) is 9.31. The third-order valence-electron chi connectivity index (χ3n) is 5.20. The zero-order valence-corrected chi connectivity index (χ0v) is 17.1. The van der Waals surface area contributed by atoms with Crippen molar-refractivity contribution in [1.29, 1.82) is 0 Å². The van der Waals surface area contributed by atoms with Crippen LogP contribution in [0.25, 0.3) is 0 Å². The van der Waals surface area contributed by atoms with Crippen LogP contribution in [0, 0.1) is 10.8 Å². The monoisotopic (exact) mass is 359 g/mol. The molecule has 0 aromatic heterocycles. The van der Waals surface area contributed by atoms with Gasteiger partial charge < -0.3 is 10.6 Å². The minimum absolute atomic E-state index is 0.124. The minimum Gasteiger partial charge on any atom is -0.357 e. The van der Waals surface area contributed by atoms with Gasteiger partial charge in [-0.05, 0) is 43.4 Å². The molecular formula is C18H37N3O2S. The molecule has 1 fully saturated rings. The van der Waals surface area contributed by atoms with E-state index in [1.807, 2.05) is 0 Å². The third-order valence-corrected chi connectivity index (χ3v) is 6.15. The number of sulfone groups is 1. The minimum atomic E-state index is -2.92. The molecule has 0 aromatic carbocycles. The summed E-state index contributed by atoms with van der Waals surface area (Å²) in [4.78, 5) is 4.71. The van der Waals surface area contributed by atoms with Gasteiger partial charge in [-0.3, -0.25) is 4.99 Å². The van der Waals surface area contributed by atoms with Crippen LogP contribution < -0.4 is 10.6 Å². The van der Waals surface area contributed by atoms with Gasteiger partial charge in [0, 0.05) is 25.9 Å². The molecule has 0 radical (unpaired) electrons. The predicted molar refractivity (Wildman–Crippen MR) is 103 cm³/mol. The zero-order valence-electron chi connectivity index (χ0n) is 16.2. The van der Waals surface area contributed by atoms with E-state index in [0.717, 1.165) is 19.0 Å². The standard InChI is InChI=1S/C18H37N3O2S/c1-6-18(10-8-9-11-18)15-21-16(19-7-2)20-14-17(3,4)12-13-24(5,22)23/h6-15H2,1-5H3,(H2,19,20,21). The summed E-state index contributed by atoms with van der Waals surface area (Å²) in [5, 5.41) is 6.83. The summed E-state index contributed by atoms with van der Waals surface area (Å²) in [6, 6.07) is 0. The zero-order chi connectivity index (χ0) is 18.3. The number of hydrogen-bond donors (Lipinski definition) is 2. The van der Waals surface area contributed by atoms with Gasteiger partial charge in [0.05, 0.1) is 5.75 Å². The lowest BCUT2D eigenvalue weighted by atomic mass is 9.83. The maximum Gasteiger partial charge on any atom is 0.191 e. The number of aliphatic imine (C=N–C) groups is 1. The Bertz CT molecular complexity index is 506. The molecule has 0 heterocycles. The molecule has 6 heteroatoms. The SMILES string of the molecule is CCNC(=NCC(C)(C)CCS(C)(=O)=O)NCC1(CC)CCCC1. The molecule has 0 atom stereocenters. The van der Waals surface area contributed by atoms with E-state index in [9.17, 15) is 8.42 Å². The second-order valence-electron chi connectivity index (χ2n) is 8.15. The van der Waals surface area contributed by atoms with E-state index in [-0.39, 0.29) is 11.2 Å². The lowest BCUT2D eigenvalue weighted by Crippen LogP contribution is -2.43. The lowest BCUT2D eigenvalue weighted by Gasteiger charge is -2.29. The van der Waals surface area contributed by atoms with E-state index in [4.69, 9.17) is 4.99 Å². The summed E-state index contributed by atoms with van der Waals surface area (Å²) in [6.45, 7) is 10.9. The Kier molecular flexibility index (Phi) is 8.03. The van der Waals surface area contributed by atoms with Crippen LogP contribution in [0.15, 0.2) is 4.99 Å². The first kappa shape index (κ1) is 21.3. The first-order valence-corrected chi connectivity index (χ1v) is 11.4. The fourth-order valence-corrected chi connectivity index (χ4v) is 4.15. The van der Waals surface area contributed by atoms with Crippen LogP contribution in [-0.2, 0) is 9.84 Å². The maximum atomic E-state index is 11.4. The van der Waals surface area contributed by atoms with Crippen molar-refractivity contribution in [3.05, 3.63) is 0 Å². The Labute approximate surface area is 149 Å². The van der Waals surface area contributed by atoms with Crippen molar-refractivity contribution in [2.24, 2.45) is 15.8 Å². The smallest absolute Gasteiger partial charge is 0.191 e. The third kappa shape index (κ3) is 7.86. The van der Waals surface area contributed by atoms with E-state index in [1.54, 1.807) is 0 Å². The number of nitrogens with one attached hydrogen (secondary N) is 2. The first-order chi connectivity index (χ1) is 11.1. The van der Waals surface area contributed by atoms with Crippen molar-refractivity contribution in [2.45, 2.75) is 66.2 Å². The average molecular weight is 360 g/mol. The van der Waals surface area contributed by atoms with Crippen molar-refractivity contribution in [2.75, 3.05) is 31.6 Å². The molecule has 1 aliphatic rings. The highest BCUT2D eigenvalue weighted by molar-refractivity contribution is 7.90. The van der Waals surface area contributed by atoms with Crippen LogP contribution in [0.2, 0.25) is 0 Å². The highest BCUT2D eigenvalue weighted by Gasteiger charge is 2.32. The van der Waals surface area contributed by atoms with Crippen LogP contribution in [0.5, 0.6) is 0 Å². The van der Waals surface area contributed by atoms with Crippen LogP contribution in [0.3, 0.4) is 0 Å². The molecule has 142 valence electrons. The van der Waals surface area contributed by atoms with E-state index in [2.05, 4.69) is 38.3 Å². The fraction of sp³-hybridized carbons (Fsp3) is 0.944. The number of guanidine groups is 1. The van der Waals surface area contributed by atoms with Crippen LogP contribution >= 0.6 is 0 Å². The van der Waals surface area contributed by atoms with Gasteiger partial charge in [0.1, 0.15) is 9.84 Å². The summed E-state index contributed by atoms with van der Waals surface area (Å²) in [7, 11) is -2.92. The molecule has 0 saturated heterocycles. The highest BCUT2D eigenvalue weighted by Crippen LogP contribution is 2.40. The van der Waals surface area contributed by atoms with Crippen molar-refractivity contribution >= 4 is 15.8 Å². The summed E-state index contributed by atoms with van der Waals surface area (Å²) >= 11 is 0. The Morgan fingerprint density at radius 1 is 1.17 bits per heavy atom. The van der Waals surface area contributed by atoms with Gasteiger partial charge >= 0.3 is 0 Å². The van der Waals surface area contributed by atoms with Crippen LogP contribution in [-0.4, -0.2) is 46.0 Å². The van der Waals surface area contributed by atoms with Crippen molar-refractivity contribution in [3.8, 4) is 0 Å². The summed E-state index contributed by atoms with van der Waals surface area (Å²) < 4.78 is 22.8. The molecule has 0 unspecified atom stereocenters. The van der Waals surface area contributed by atoms with Gasteiger partial charge in [-0.2, -0.15) is 0 Å². The lowest BCUT2D eigenvalue weighted by molar-refractivity contribution is 0.283. The molecule has 2 N–H and O–H groups in total. The molecule has 1 aliphatic carbocycles. The Morgan fingerprint density at radius 3 is 2.29 bits per heavy atom. The molecule has 1 rings (SSSR count). The quantitative estimate of drug-likeness (QED) is 0.490. The van der Waals surface area contributed by atoms with Gasteiger partial charge in [-0.1, -0.05) is 33.6 Å². The molecule has 0 aromatic rings. The molecule has 1 saturated carbocycles. The van der Waals surface area contributed by atoms with Gasteiger partial charge in [0.2, 0.25) is 0 Å². The topological polar surface area (TPSA) is 70.6 Å². The Hall–Kier alpha value is -0.780. The number of rotatable bonds is 9. The Balaban J connectivity index is 2.60. The van der Waals surface area contributed by atoms with E-state index in [1.165, 1.54) is 38.4 Å². The van der Waals surface area contributed by atoms with Gasteiger partial charge in [-0.15, -0.1) is 0 Å². The van der Waals surface area contributed by atoms with Gasteiger partial charge in [0.25, 0.3) is 0 Å². The average Bonchev–Trinajstić information content (AvgIpc) is 2.97. The second kappa shape index (κ2) is 9.07. The maximum absolute atomic E-state index is 11.4. The van der Waals surface area contributed by atoms with E-state index >= 15 is 0 Å². The number of nitrogens with zero attached hydrogens (tertiary/aromatic N) is 1. The van der Waals surface area contributed by atoms with Crippen LogP contribution in [0.4, 0.5) is 0 Å². The highest BCUT2D eigenvalue weighted by atomic mass is 32.2. The molecule has 24 heavy (non-hydrogen) atoms. The molecular weight excluding hydrogens is 322 g/mol. The number of hydrogen-bond acceptors (Lipinski definition) is 3. The fourth-order valence-electron chi connectivity index (χ4n) is 3.23. The van der Waals surface area contributed by atoms with Gasteiger partial charge in [-0.25, -0.2) is 8.42 Å². The molecule has 0 amide bonds. The van der Waals surface area contributed by atoms with Crippen molar-refractivity contribution in [1.82, 2.24) is 10.6 Å². The van der Waals surface area contributed by atoms with Crippen molar-refractivity contribution in [3.63, 3.8) is 0 Å². The molecule has 0 bridgehead atoms. The largest absolute Gasteiger partial charge is 0.357 e. The predicted octanol–water partition coefficient (Wildman–Crippen LogP) is 2.97. The summed E-state index contributed by atoms with van der Waals surface area (Å²) in [5.41, 5.74) is 0.295. The molecule has 0 spiro atoms. The summed E-state index contributed by atoms with van der Waals surface area (Å²) in [6.07, 6.45) is 8.41. The normalized spacial score (nSPS) is 18.6. The Morgan fingerprint density at radius 2 is 1.79 bits per heavy atom. The second-order valence-corrected chi connectivity index (χ2v) is 10.4. The van der Waals surface area contributed by atoms with Crippen LogP contribution in [0.1, 0.15) is 66.2 Å². The van der Waals surface area contributed by atoms with Crippen molar-refractivity contribution < 1.29 is 8.42 Å². The molecule has 5 nitrogen and oxygen atoms in total.